The number of amides is 2. The number of benzene rings is 1. The smallest absolute Gasteiger partial charge is 0.408 e. The summed E-state index contributed by atoms with van der Waals surface area (Å²) in [6.45, 7) is 2.86. The first-order chi connectivity index (χ1) is 9.67. The number of hydrazine groups is 1. The molecular formula is C13H17N3O4. The van der Waals surface area contributed by atoms with Gasteiger partial charge in [-0.25, -0.2) is 4.79 Å². The molecule has 1 aromatic rings. The molecule has 1 rings (SSSR count). The van der Waals surface area contributed by atoms with Crippen molar-refractivity contribution < 1.29 is 19.4 Å². The molecule has 7 nitrogen and oxygen atoms in total. The van der Waals surface area contributed by atoms with E-state index in [0.717, 1.165) is 0 Å². The Labute approximate surface area is 116 Å². The Bertz CT molecular complexity index is 450. The van der Waals surface area contributed by atoms with Gasteiger partial charge in [0.2, 0.25) is 0 Å². The number of carbonyl (C=O) groups is 2. The van der Waals surface area contributed by atoms with Crippen LogP contribution in [0, 0.1) is 0 Å². The van der Waals surface area contributed by atoms with Crippen LogP contribution in [0.3, 0.4) is 0 Å². The Morgan fingerprint density at radius 3 is 2.65 bits per heavy atom. The van der Waals surface area contributed by atoms with E-state index < -0.39 is 24.6 Å². The van der Waals surface area contributed by atoms with E-state index in [4.69, 9.17) is 5.11 Å². The molecule has 1 atom stereocenters. The third-order valence-corrected chi connectivity index (χ3v) is 2.23. The first-order valence-corrected chi connectivity index (χ1v) is 5.93. The van der Waals surface area contributed by atoms with Crippen molar-refractivity contribution in [2.75, 3.05) is 18.6 Å². The number of rotatable bonds is 7. The van der Waals surface area contributed by atoms with Crippen LogP contribution in [0.2, 0.25) is 0 Å². The number of aliphatic hydroxyl groups excluding tert-OH is 1. The molecule has 4 N–H and O–H groups in total. The Balaban J connectivity index is 2.42. The molecule has 1 aromatic carbocycles. The molecular weight excluding hydrogens is 262 g/mol. The van der Waals surface area contributed by atoms with Gasteiger partial charge in [0, 0.05) is 0 Å². The highest BCUT2D eigenvalue weighted by atomic mass is 16.5. The predicted octanol–water partition coefficient (Wildman–Crippen LogP) is 0.403. The molecule has 20 heavy (non-hydrogen) atoms. The zero-order chi connectivity index (χ0) is 14.8. The van der Waals surface area contributed by atoms with Crippen molar-refractivity contribution in [2.24, 2.45) is 0 Å². The van der Waals surface area contributed by atoms with Gasteiger partial charge in [-0.1, -0.05) is 30.9 Å². The summed E-state index contributed by atoms with van der Waals surface area (Å²) < 4.78 is 4.66. The third-order valence-electron chi connectivity index (χ3n) is 2.23. The molecule has 0 aliphatic carbocycles. The Kier molecular flexibility index (Phi) is 6.63. The van der Waals surface area contributed by atoms with Gasteiger partial charge in [-0.15, -0.1) is 0 Å². The highest BCUT2D eigenvalue weighted by Crippen LogP contribution is 2.02. The van der Waals surface area contributed by atoms with Crippen LogP contribution in [-0.4, -0.2) is 36.4 Å². The second-order valence-electron chi connectivity index (χ2n) is 3.75. The number of aliphatic hydroxyl groups is 1. The normalized spacial score (nSPS) is 11.1. The van der Waals surface area contributed by atoms with Crippen LogP contribution in [0.1, 0.15) is 0 Å². The van der Waals surface area contributed by atoms with E-state index in [0.29, 0.717) is 5.69 Å². The molecule has 108 valence electrons. The number of anilines is 1. The summed E-state index contributed by atoms with van der Waals surface area (Å²) in [7, 11) is 0. The summed E-state index contributed by atoms with van der Waals surface area (Å²) in [6, 6.07) is 7.82. The Morgan fingerprint density at radius 2 is 2.05 bits per heavy atom. The maximum atomic E-state index is 11.7. The van der Waals surface area contributed by atoms with Crippen LogP contribution < -0.4 is 16.2 Å². The van der Waals surface area contributed by atoms with Crippen LogP contribution in [0.5, 0.6) is 0 Å². The van der Waals surface area contributed by atoms with Crippen LogP contribution in [0.25, 0.3) is 0 Å². The first kappa shape index (κ1) is 15.5. The maximum Gasteiger partial charge on any atom is 0.408 e. The van der Waals surface area contributed by atoms with Gasteiger partial charge in [-0.2, -0.15) is 0 Å². The van der Waals surface area contributed by atoms with Gasteiger partial charge in [-0.3, -0.25) is 15.6 Å². The van der Waals surface area contributed by atoms with Crippen molar-refractivity contribution in [3.8, 4) is 0 Å². The molecule has 0 bridgehead atoms. The number of hydrogen-bond donors (Lipinski definition) is 4. The van der Waals surface area contributed by atoms with Gasteiger partial charge in [0.25, 0.3) is 5.91 Å². The van der Waals surface area contributed by atoms with E-state index in [1.165, 1.54) is 6.08 Å². The van der Waals surface area contributed by atoms with Crippen LogP contribution in [-0.2, 0) is 9.53 Å². The van der Waals surface area contributed by atoms with Crippen molar-refractivity contribution in [3.05, 3.63) is 43.0 Å². The predicted molar refractivity (Wildman–Crippen MR) is 73.8 cm³/mol. The number of carbonyl (C=O) groups excluding carboxylic acids is 2. The van der Waals surface area contributed by atoms with Crippen LogP contribution in [0.15, 0.2) is 43.0 Å². The lowest BCUT2D eigenvalue weighted by molar-refractivity contribution is -0.123. The van der Waals surface area contributed by atoms with Gasteiger partial charge in [-0.05, 0) is 12.1 Å². The minimum absolute atomic E-state index is 0.0217. The van der Waals surface area contributed by atoms with Gasteiger partial charge in [0.1, 0.15) is 12.6 Å². The number of ether oxygens (including phenoxy) is 1. The fourth-order valence-electron chi connectivity index (χ4n) is 1.26. The van der Waals surface area contributed by atoms with E-state index in [1.807, 2.05) is 6.07 Å². The number of alkyl carbamates (subject to hydrolysis) is 1. The average Bonchev–Trinajstić information content (AvgIpc) is 2.49. The molecule has 0 aromatic heterocycles. The Morgan fingerprint density at radius 1 is 1.35 bits per heavy atom. The summed E-state index contributed by atoms with van der Waals surface area (Å²) in [4.78, 5) is 23.0. The zero-order valence-corrected chi connectivity index (χ0v) is 10.8. The quantitative estimate of drug-likeness (QED) is 0.428. The number of para-hydroxylation sites is 1. The lowest BCUT2D eigenvalue weighted by Crippen LogP contribution is -2.50. The highest BCUT2D eigenvalue weighted by molar-refractivity contribution is 5.86. The fourth-order valence-corrected chi connectivity index (χ4v) is 1.26. The van der Waals surface area contributed by atoms with E-state index in [9.17, 15) is 9.59 Å². The largest absolute Gasteiger partial charge is 0.445 e. The minimum atomic E-state index is -1.11. The second kappa shape index (κ2) is 8.54. The number of nitrogens with one attached hydrogen (secondary N) is 3. The molecule has 0 spiro atoms. The van der Waals surface area contributed by atoms with Crippen molar-refractivity contribution in [1.29, 1.82) is 0 Å². The van der Waals surface area contributed by atoms with Crippen molar-refractivity contribution >= 4 is 17.7 Å². The van der Waals surface area contributed by atoms with E-state index in [1.54, 1.807) is 24.3 Å². The fraction of sp³-hybridized carbons (Fsp3) is 0.231. The number of hydrogen-bond acceptors (Lipinski definition) is 5. The zero-order valence-electron chi connectivity index (χ0n) is 10.8. The SMILES string of the molecule is C=CCOC(=O)N[C@@H](CO)C(=O)NNc1ccccc1. The molecule has 0 saturated carbocycles. The standard InChI is InChI=1S/C13H17N3O4/c1-2-8-20-13(19)14-11(9-17)12(18)16-15-10-6-4-3-5-7-10/h2-7,11,15,17H,1,8-9H2,(H,14,19)(H,16,18)/t11-/m0/s1. The molecule has 0 aliphatic heterocycles. The van der Waals surface area contributed by atoms with Gasteiger partial charge >= 0.3 is 6.09 Å². The van der Waals surface area contributed by atoms with Gasteiger partial charge in [0.15, 0.2) is 0 Å². The average molecular weight is 279 g/mol. The third kappa shape index (κ3) is 5.40. The molecule has 0 saturated heterocycles. The molecule has 0 aliphatic rings. The van der Waals surface area contributed by atoms with Crippen molar-refractivity contribution in [1.82, 2.24) is 10.7 Å². The second-order valence-corrected chi connectivity index (χ2v) is 3.75. The summed E-state index contributed by atoms with van der Waals surface area (Å²) in [6.07, 6.45) is 0.587. The maximum absolute atomic E-state index is 11.7. The molecule has 2 amide bonds. The van der Waals surface area contributed by atoms with E-state index in [-0.39, 0.29) is 6.61 Å². The highest BCUT2D eigenvalue weighted by Gasteiger charge is 2.20. The molecule has 0 heterocycles. The molecule has 7 heteroatoms. The van der Waals surface area contributed by atoms with E-state index in [2.05, 4.69) is 27.5 Å². The van der Waals surface area contributed by atoms with Crippen LogP contribution in [0.4, 0.5) is 10.5 Å². The first-order valence-electron chi connectivity index (χ1n) is 5.93. The summed E-state index contributed by atoms with van der Waals surface area (Å²) in [5.41, 5.74) is 5.70. The van der Waals surface area contributed by atoms with Crippen molar-refractivity contribution in [3.63, 3.8) is 0 Å². The van der Waals surface area contributed by atoms with Crippen LogP contribution >= 0.6 is 0 Å². The molecule has 0 unspecified atom stereocenters. The molecule has 0 radical (unpaired) electrons. The lowest BCUT2D eigenvalue weighted by Gasteiger charge is -2.16. The topological polar surface area (TPSA) is 99.7 Å². The Hall–Kier alpha value is -2.54. The van der Waals surface area contributed by atoms with Gasteiger partial charge < -0.3 is 15.2 Å². The van der Waals surface area contributed by atoms with Gasteiger partial charge in [0.05, 0.1) is 12.3 Å². The monoisotopic (exact) mass is 279 g/mol. The summed E-state index contributed by atoms with van der Waals surface area (Å²) in [5, 5.41) is 11.3. The minimum Gasteiger partial charge on any atom is -0.445 e. The lowest BCUT2D eigenvalue weighted by atomic mass is 10.3. The molecule has 0 fully saturated rings. The van der Waals surface area contributed by atoms with Crippen molar-refractivity contribution in [2.45, 2.75) is 6.04 Å². The summed E-state index contributed by atoms with van der Waals surface area (Å²) in [5.74, 6) is -0.591. The summed E-state index contributed by atoms with van der Waals surface area (Å²) >= 11 is 0. The van der Waals surface area contributed by atoms with E-state index >= 15 is 0 Å².